The molecule has 1 aliphatic heterocycles. The molecule has 0 fully saturated rings. The van der Waals surface area contributed by atoms with E-state index >= 15 is 0 Å². The van der Waals surface area contributed by atoms with Crippen molar-refractivity contribution in [1.82, 2.24) is 9.88 Å². The van der Waals surface area contributed by atoms with E-state index < -0.39 is 0 Å². The lowest BCUT2D eigenvalue weighted by Gasteiger charge is -2.18. The summed E-state index contributed by atoms with van der Waals surface area (Å²) in [6, 6.07) is 14.8. The van der Waals surface area contributed by atoms with Gasteiger partial charge >= 0.3 is 0 Å². The Bertz CT molecular complexity index is 957. The quantitative estimate of drug-likeness (QED) is 0.650. The topological polar surface area (TPSA) is 35.4 Å². The van der Waals surface area contributed by atoms with Crippen molar-refractivity contribution < 1.29 is 13.9 Å². The predicted octanol–water partition coefficient (Wildman–Crippen LogP) is 5.03. The number of rotatable bonds is 5. The number of fused-ring (bicyclic) bond motifs is 3. The molecule has 0 saturated heterocycles. The molecule has 0 aliphatic carbocycles. The molecule has 1 N–H and O–H groups in total. The molecule has 4 nitrogen and oxygen atoms in total. The molecule has 0 saturated carbocycles. The highest BCUT2D eigenvalue weighted by molar-refractivity contribution is 5.85. The number of halogens is 2. The van der Waals surface area contributed by atoms with Gasteiger partial charge in [0.1, 0.15) is 5.82 Å². The van der Waals surface area contributed by atoms with E-state index in [1.54, 1.807) is 12.1 Å². The van der Waals surface area contributed by atoms with Crippen molar-refractivity contribution in [3.05, 3.63) is 77.4 Å². The highest BCUT2D eigenvalue weighted by atomic mass is 35.5. The van der Waals surface area contributed by atoms with Crippen molar-refractivity contribution in [3.8, 4) is 17.2 Å². The zero-order chi connectivity index (χ0) is 18.8. The smallest absolute Gasteiger partial charge is 0.163 e. The van der Waals surface area contributed by atoms with E-state index in [-0.39, 0.29) is 24.3 Å². The van der Waals surface area contributed by atoms with Gasteiger partial charge in [-0.05, 0) is 55.3 Å². The summed E-state index contributed by atoms with van der Waals surface area (Å²) in [6.07, 6.45) is 2.03. The first-order valence-corrected chi connectivity index (χ1v) is 9.30. The Hall–Kier alpha value is -2.50. The van der Waals surface area contributed by atoms with Crippen LogP contribution in [0.25, 0.3) is 5.69 Å². The Morgan fingerprint density at radius 2 is 1.79 bits per heavy atom. The molecule has 0 spiro atoms. The fourth-order valence-corrected chi connectivity index (χ4v) is 3.63. The van der Waals surface area contributed by atoms with E-state index in [1.807, 2.05) is 44.3 Å². The molecule has 1 unspecified atom stereocenters. The molecule has 4 rings (SSSR count). The van der Waals surface area contributed by atoms with Crippen LogP contribution in [0.15, 0.2) is 54.7 Å². The Balaban J connectivity index is 0.00000225. The van der Waals surface area contributed by atoms with E-state index in [4.69, 9.17) is 9.47 Å². The van der Waals surface area contributed by atoms with E-state index in [2.05, 4.69) is 16.0 Å². The first-order chi connectivity index (χ1) is 13.2. The molecular formula is C22H24ClFN2O2. The third-order valence-electron chi connectivity index (χ3n) is 4.76. The molecule has 148 valence electrons. The lowest BCUT2D eigenvalue weighted by Crippen LogP contribution is -2.21. The fraction of sp³-hybridized carbons (Fsp3) is 0.273. The summed E-state index contributed by atoms with van der Waals surface area (Å²) in [5, 5.41) is 3.56. The van der Waals surface area contributed by atoms with Gasteiger partial charge in [-0.15, -0.1) is 12.4 Å². The summed E-state index contributed by atoms with van der Waals surface area (Å²) in [7, 11) is 0. The normalized spacial score (nSPS) is 15.0. The maximum Gasteiger partial charge on any atom is 0.163 e. The van der Waals surface area contributed by atoms with Crippen LogP contribution in [0.4, 0.5) is 4.39 Å². The summed E-state index contributed by atoms with van der Waals surface area (Å²) in [6.45, 7) is 5.72. The van der Waals surface area contributed by atoms with Gasteiger partial charge in [0.05, 0.1) is 24.9 Å². The minimum absolute atomic E-state index is 0. The van der Waals surface area contributed by atoms with E-state index in [9.17, 15) is 4.39 Å². The van der Waals surface area contributed by atoms with Gasteiger partial charge in [0, 0.05) is 24.5 Å². The van der Waals surface area contributed by atoms with Crippen molar-refractivity contribution in [1.29, 1.82) is 0 Å². The number of aromatic nitrogens is 1. The van der Waals surface area contributed by atoms with E-state index in [0.29, 0.717) is 19.8 Å². The Morgan fingerprint density at radius 3 is 2.50 bits per heavy atom. The second-order valence-electron chi connectivity index (χ2n) is 6.47. The Morgan fingerprint density at radius 1 is 1.04 bits per heavy atom. The number of hydrogen-bond donors (Lipinski definition) is 1. The van der Waals surface area contributed by atoms with Crippen molar-refractivity contribution in [2.75, 3.05) is 13.2 Å². The van der Waals surface area contributed by atoms with Gasteiger partial charge in [-0.25, -0.2) is 4.39 Å². The molecule has 3 aromatic rings. The summed E-state index contributed by atoms with van der Waals surface area (Å²) >= 11 is 0. The van der Waals surface area contributed by atoms with Crippen LogP contribution >= 0.6 is 12.4 Å². The SMILES string of the molecule is CCOc1cc2c(cc1OCC)-n1cccc1C(c1cccc(F)c1)NC2.Cl. The van der Waals surface area contributed by atoms with Crippen LogP contribution in [0.2, 0.25) is 0 Å². The molecule has 0 amide bonds. The lowest BCUT2D eigenvalue weighted by molar-refractivity contribution is 0.287. The minimum atomic E-state index is -0.230. The fourth-order valence-electron chi connectivity index (χ4n) is 3.63. The van der Waals surface area contributed by atoms with Crippen molar-refractivity contribution >= 4 is 12.4 Å². The molecular weight excluding hydrogens is 379 g/mol. The molecule has 0 bridgehead atoms. The molecule has 28 heavy (non-hydrogen) atoms. The van der Waals surface area contributed by atoms with Gasteiger partial charge in [-0.1, -0.05) is 12.1 Å². The highest BCUT2D eigenvalue weighted by Crippen LogP contribution is 2.37. The average Bonchev–Trinajstić information content (AvgIpc) is 3.08. The van der Waals surface area contributed by atoms with E-state index in [1.165, 1.54) is 6.07 Å². The summed E-state index contributed by atoms with van der Waals surface area (Å²) in [4.78, 5) is 0. The molecule has 6 heteroatoms. The average molecular weight is 403 g/mol. The van der Waals surface area contributed by atoms with Crippen LogP contribution in [0, 0.1) is 5.82 Å². The monoisotopic (exact) mass is 402 g/mol. The van der Waals surface area contributed by atoms with Crippen molar-refractivity contribution in [2.24, 2.45) is 0 Å². The summed E-state index contributed by atoms with van der Waals surface area (Å²) in [5.41, 5.74) is 4.12. The van der Waals surface area contributed by atoms with Crippen LogP contribution < -0.4 is 14.8 Å². The third kappa shape index (κ3) is 3.73. The maximum absolute atomic E-state index is 13.8. The van der Waals surface area contributed by atoms with Gasteiger partial charge in [0.25, 0.3) is 0 Å². The van der Waals surface area contributed by atoms with Crippen LogP contribution in [0.3, 0.4) is 0 Å². The number of nitrogens with one attached hydrogen (secondary N) is 1. The molecule has 1 atom stereocenters. The maximum atomic E-state index is 13.8. The van der Waals surface area contributed by atoms with Crippen LogP contribution in [0.1, 0.15) is 36.7 Å². The van der Waals surface area contributed by atoms with Crippen LogP contribution in [-0.2, 0) is 6.54 Å². The van der Waals surface area contributed by atoms with Crippen LogP contribution in [0.5, 0.6) is 11.5 Å². The lowest BCUT2D eigenvalue weighted by atomic mass is 10.0. The van der Waals surface area contributed by atoms with Crippen molar-refractivity contribution in [3.63, 3.8) is 0 Å². The minimum Gasteiger partial charge on any atom is -0.490 e. The molecule has 0 radical (unpaired) electrons. The van der Waals surface area contributed by atoms with Gasteiger partial charge in [0.15, 0.2) is 11.5 Å². The number of benzene rings is 2. The molecule has 2 aromatic carbocycles. The Kier molecular flexibility index (Phi) is 6.27. The second-order valence-corrected chi connectivity index (χ2v) is 6.47. The summed E-state index contributed by atoms with van der Waals surface area (Å²) in [5.74, 6) is 1.26. The highest BCUT2D eigenvalue weighted by Gasteiger charge is 2.24. The standard InChI is InChI=1S/C22H23FN2O2.ClH/c1-3-26-20-12-16-14-24-22(15-7-5-8-17(23)11-15)18-9-6-10-25(18)19(16)13-21(20)27-4-2;/h5-13,22,24H,3-4,14H2,1-2H3;1H. The molecule has 1 aromatic heterocycles. The largest absolute Gasteiger partial charge is 0.490 e. The van der Waals surface area contributed by atoms with Crippen molar-refractivity contribution in [2.45, 2.75) is 26.4 Å². The van der Waals surface area contributed by atoms with Crippen LogP contribution in [-0.4, -0.2) is 17.8 Å². The third-order valence-corrected chi connectivity index (χ3v) is 4.76. The first kappa shape index (κ1) is 20.2. The zero-order valence-electron chi connectivity index (χ0n) is 15.9. The molecule has 1 aliphatic rings. The van der Waals surface area contributed by atoms with Gasteiger partial charge in [-0.2, -0.15) is 0 Å². The van der Waals surface area contributed by atoms with Gasteiger partial charge in [0.2, 0.25) is 0 Å². The van der Waals surface area contributed by atoms with Gasteiger partial charge in [-0.3, -0.25) is 0 Å². The Labute approximate surface area is 170 Å². The van der Waals surface area contributed by atoms with E-state index in [0.717, 1.165) is 34.0 Å². The zero-order valence-corrected chi connectivity index (χ0v) is 16.8. The number of nitrogens with zero attached hydrogens (tertiary/aromatic N) is 1. The number of hydrogen-bond acceptors (Lipinski definition) is 3. The second kappa shape index (κ2) is 8.67. The summed E-state index contributed by atoms with van der Waals surface area (Å²) < 4.78 is 27.5. The van der Waals surface area contributed by atoms with Gasteiger partial charge < -0.3 is 19.4 Å². The number of ether oxygens (including phenoxy) is 2. The predicted molar refractivity (Wildman–Crippen MR) is 110 cm³/mol. The first-order valence-electron chi connectivity index (χ1n) is 9.30. The molecule has 2 heterocycles.